The van der Waals surface area contributed by atoms with Crippen molar-refractivity contribution in [3.05, 3.63) is 60.0 Å². The second-order valence-corrected chi connectivity index (χ2v) is 8.94. The number of nitrogens with one attached hydrogen (secondary N) is 1. The quantitative estimate of drug-likeness (QED) is 0.422. The molecule has 196 valence electrons. The lowest BCUT2D eigenvalue weighted by molar-refractivity contribution is 0.0947. The Balaban J connectivity index is 1.40. The highest BCUT2D eigenvalue weighted by atomic mass is 16.5. The molecule has 0 unspecified atom stereocenters. The van der Waals surface area contributed by atoms with E-state index in [0.717, 1.165) is 67.6 Å². The van der Waals surface area contributed by atoms with Crippen LogP contribution < -0.4 is 19.7 Å². The number of amides is 1. The van der Waals surface area contributed by atoms with Gasteiger partial charge in [0.2, 0.25) is 0 Å². The largest absolute Gasteiger partial charge is 0.494 e. The van der Waals surface area contributed by atoms with Crippen LogP contribution in [0.15, 0.2) is 48.8 Å². The molecule has 3 heterocycles. The first-order valence-corrected chi connectivity index (χ1v) is 13.0. The van der Waals surface area contributed by atoms with Gasteiger partial charge in [0, 0.05) is 51.0 Å². The minimum absolute atomic E-state index is 0.181. The maximum Gasteiger partial charge on any atom is 0.271 e. The number of benzene rings is 1. The first-order valence-electron chi connectivity index (χ1n) is 13.0. The highest BCUT2D eigenvalue weighted by Crippen LogP contribution is 2.29. The Morgan fingerprint density at radius 2 is 1.65 bits per heavy atom. The van der Waals surface area contributed by atoms with Gasteiger partial charge in [-0.25, -0.2) is 0 Å². The number of anilines is 1. The standard InChI is InChI=1S/C28H36N6O3/c1-4-9-30-28(35)26-7-8-27(32-31-26)34-12-10-33(11-13-34)20-21-14-22(16-24(15-21)36-5-2)23-17-25(37-6-3)19-29-18-23/h7-8,14-19H,4-6,9-13,20H2,1-3H3,(H,30,35). The average molecular weight is 505 g/mol. The summed E-state index contributed by atoms with van der Waals surface area (Å²) in [6.45, 7) is 12.1. The topological polar surface area (TPSA) is 92.7 Å². The minimum Gasteiger partial charge on any atom is -0.494 e. The maximum absolute atomic E-state index is 12.1. The SMILES string of the molecule is CCCNC(=O)c1ccc(N2CCN(Cc3cc(OCC)cc(-c4cncc(OCC)c4)c3)CC2)nn1. The van der Waals surface area contributed by atoms with E-state index in [-0.39, 0.29) is 5.91 Å². The Labute approximate surface area is 218 Å². The number of rotatable bonds is 11. The van der Waals surface area contributed by atoms with E-state index in [2.05, 4.69) is 48.5 Å². The Kier molecular flexibility index (Phi) is 9.26. The van der Waals surface area contributed by atoms with E-state index in [1.807, 2.05) is 39.1 Å². The van der Waals surface area contributed by atoms with E-state index >= 15 is 0 Å². The van der Waals surface area contributed by atoms with E-state index in [9.17, 15) is 4.79 Å². The van der Waals surface area contributed by atoms with Gasteiger partial charge in [-0.2, -0.15) is 0 Å². The second-order valence-electron chi connectivity index (χ2n) is 8.94. The third-order valence-corrected chi connectivity index (χ3v) is 6.16. The Bertz CT molecular complexity index is 1160. The van der Waals surface area contributed by atoms with Gasteiger partial charge in [-0.15, -0.1) is 10.2 Å². The van der Waals surface area contributed by atoms with Crippen LogP contribution in [0.5, 0.6) is 11.5 Å². The Hall–Kier alpha value is -3.72. The van der Waals surface area contributed by atoms with Gasteiger partial charge in [0.15, 0.2) is 11.5 Å². The molecule has 4 rings (SSSR count). The van der Waals surface area contributed by atoms with Crippen molar-refractivity contribution in [2.45, 2.75) is 33.7 Å². The van der Waals surface area contributed by atoms with Gasteiger partial charge < -0.3 is 19.7 Å². The number of carbonyl (C=O) groups is 1. The first-order chi connectivity index (χ1) is 18.1. The molecule has 1 N–H and O–H groups in total. The van der Waals surface area contributed by atoms with Crippen LogP contribution in [0.4, 0.5) is 5.82 Å². The lowest BCUT2D eigenvalue weighted by atomic mass is 10.0. The van der Waals surface area contributed by atoms with Gasteiger partial charge in [-0.1, -0.05) is 6.92 Å². The molecule has 2 aromatic heterocycles. The predicted molar refractivity (Wildman–Crippen MR) is 144 cm³/mol. The molecule has 37 heavy (non-hydrogen) atoms. The van der Waals surface area contributed by atoms with Crippen LogP contribution in [-0.2, 0) is 6.54 Å². The molecule has 1 aromatic carbocycles. The number of nitrogens with zero attached hydrogens (tertiary/aromatic N) is 5. The molecule has 1 aliphatic rings. The number of ether oxygens (including phenoxy) is 2. The molecule has 9 nitrogen and oxygen atoms in total. The highest BCUT2D eigenvalue weighted by Gasteiger charge is 2.20. The van der Waals surface area contributed by atoms with Crippen molar-refractivity contribution >= 4 is 11.7 Å². The lowest BCUT2D eigenvalue weighted by Crippen LogP contribution is -2.46. The van der Waals surface area contributed by atoms with Crippen molar-refractivity contribution in [3.63, 3.8) is 0 Å². The molecule has 0 radical (unpaired) electrons. The summed E-state index contributed by atoms with van der Waals surface area (Å²) in [4.78, 5) is 21.1. The fraction of sp³-hybridized carbons (Fsp3) is 0.429. The summed E-state index contributed by atoms with van der Waals surface area (Å²) in [5, 5.41) is 11.3. The van der Waals surface area contributed by atoms with Crippen LogP contribution in [0.25, 0.3) is 11.1 Å². The van der Waals surface area contributed by atoms with E-state index in [1.165, 1.54) is 5.56 Å². The molecule has 0 bridgehead atoms. The molecule has 0 aliphatic carbocycles. The highest BCUT2D eigenvalue weighted by molar-refractivity contribution is 5.92. The Morgan fingerprint density at radius 3 is 2.35 bits per heavy atom. The van der Waals surface area contributed by atoms with Gasteiger partial charge in [-0.3, -0.25) is 14.7 Å². The summed E-state index contributed by atoms with van der Waals surface area (Å²) in [6, 6.07) is 12.0. The zero-order valence-corrected chi connectivity index (χ0v) is 21.9. The number of aromatic nitrogens is 3. The summed E-state index contributed by atoms with van der Waals surface area (Å²) >= 11 is 0. The van der Waals surface area contributed by atoms with Crippen LogP contribution in [0.3, 0.4) is 0 Å². The van der Waals surface area contributed by atoms with Crippen molar-refractivity contribution < 1.29 is 14.3 Å². The van der Waals surface area contributed by atoms with Crippen molar-refractivity contribution in [2.24, 2.45) is 0 Å². The number of hydrogen-bond acceptors (Lipinski definition) is 8. The summed E-state index contributed by atoms with van der Waals surface area (Å²) < 4.78 is 11.5. The van der Waals surface area contributed by atoms with Crippen molar-refractivity contribution in [1.82, 2.24) is 25.4 Å². The van der Waals surface area contributed by atoms with Gasteiger partial charge in [0.1, 0.15) is 11.5 Å². The smallest absolute Gasteiger partial charge is 0.271 e. The van der Waals surface area contributed by atoms with Crippen LogP contribution in [-0.4, -0.2) is 71.9 Å². The summed E-state index contributed by atoms with van der Waals surface area (Å²) in [7, 11) is 0. The van der Waals surface area contributed by atoms with Gasteiger partial charge in [0.25, 0.3) is 5.91 Å². The molecule has 3 aromatic rings. The number of piperazine rings is 1. The third kappa shape index (κ3) is 7.16. The van der Waals surface area contributed by atoms with Crippen LogP contribution in [0, 0.1) is 0 Å². The second kappa shape index (κ2) is 13.0. The van der Waals surface area contributed by atoms with Gasteiger partial charge in [-0.05, 0) is 67.8 Å². The average Bonchev–Trinajstić information content (AvgIpc) is 2.93. The van der Waals surface area contributed by atoms with Crippen molar-refractivity contribution in [2.75, 3.05) is 50.8 Å². The third-order valence-electron chi connectivity index (χ3n) is 6.16. The van der Waals surface area contributed by atoms with Crippen LogP contribution in [0.1, 0.15) is 43.2 Å². The predicted octanol–water partition coefficient (Wildman–Crippen LogP) is 3.80. The monoisotopic (exact) mass is 504 g/mol. The molecule has 0 spiro atoms. The maximum atomic E-state index is 12.1. The van der Waals surface area contributed by atoms with Crippen LogP contribution >= 0.6 is 0 Å². The zero-order chi connectivity index (χ0) is 26.0. The van der Waals surface area contributed by atoms with E-state index < -0.39 is 0 Å². The van der Waals surface area contributed by atoms with Crippen LogP contribution in [0.2, 0.25) is 0 Å². The summed E-state index contributed by atoms with van der Waals surface area (Å²) in [5.74, 6) is 2.24. The first kappa shape index (κ1) is 26.3. The van der Waals surface area contributed by atoms with Gasteiger partial charge in [0.05, 0.1) is 19.4 Å². The van der Waals surface area contributed by atoms with Crippen molar-refractivity contribution in [1.29, 1.82) is 0 Å². The summed E-state index contributed by atoms with van der Waals surface area (Å²) in [6.07, 6.45) is 4.48. The lowest BCUT2D eigenvalue weighted by Gasteiger charge is -2.35. The fourth-order valence-electron chi connectivity index (χ4n) is 4.33. The van der Waals surface area contributed by atoms with E-state index in [4.69, 9.17) is 9.47 Å². The normalized spacial score (nSPS) is 13.9. The fourth-order valence-corrected chi connectivity index (χ4v) is 4.33. The van der Waals surface area contributed by atoms with Gasteiger partial charge >= 0.3 is 0 Å². The molecular weight excluding hydrogens is 468 g/mol. The van der Waals surface area contributed by atoms with E-state index in [1.54, 1.807) is 12.3 Å². The molecule has 0 saturated carbocycles. The summed E-state index contributed by atoms with van der Waals surface area (Å²) in [5.41, 5.74) is 3.61. The molecule has 9 heteroatoms. The molecule has 1 fully saturated rings. The molecular formula is C28H36N6O3. The number of carbonyl (C=O) groups excluding carboxylic acids is 1. The van der Waals surface area contributed by atoms with Crippen molar-refractivity contribution in [3.8, 4) is 22.6 Å². The molecule has 0 atom stereocenters. The van der Waals surface area contributed by atoms with E-state index in [0.29, 0.717) is 25.5 Å². The number of pyridine rings is 1. The number of hydrogen-bond donors (Lipinski definition) is 1. The zero-order valence-electron chi connectivity index (χ0n) is 21.9. The molecule has 1 saturated heterocycles. The Morgan fingerprint density at radius 1 is 0.892 bits per heavy atom. The minimum atomic E-state index is -0.181. The molecule has 1 amide bonds. The molecule has 1 aliphatic heterocycles.